The van der Waals surface area contributed by atoms with Crippen molar-refractivity contribution in [3.8, 4) is 11.3 Å². The van der Waals surface area contributed by atoms with Crippen LogP contribution in [0.3, 0.4) is 0 Å². The summed E-state index contributed by atoms with van der Waals surface area (Å²) in [5.41, 5.74) is 10.3. The number of hydrogen-bond acceptors (Lipinski definition) is 5. The molecule has 0 spiro atoms. The number of nitrogens with zero attached hydrogens (tertiary/aromatic N) is 3. The van der Waals surface area contributed by atoms with Gasteiger partial charge < -0.3 is 11.1 Å². The van der Waals surface area contributed by atoms with Crippen LogP contribution in [0, 0.1) is 0 Å². The van der Waals surface area contributed by atoms with Gasteiger partial charge >= 0.3 is 0 Å². The summed E-state index contributed by atoms with van der Waals surface area (Å²) < 4.78 is 0. The maximum absolute atomic E-state index is 6.07. The molecule has 2 aromatic heterocycles. The predicted molar refractivity (Wildman–Crippen MR) is 90.9 cm³/mol. The van der Waals surface area contributed by atoms with Crippen LogP contribution in [0.25, 0.3) is 27.9 Å². The lowest BCUT2D eigenvalue weighted by Crippen LogP contribution is -1.98. The largest absolute Gasteiger partial charge is 0.382 e. The second kappa shape index (κ2) is 5.42. The summed E-state index contributed by atoms with van der Waals surface area (Å²) in [5, 5.41) is 19.4. The molecule has 0 radical (unpaired) electrons. The molecule has 0 atom stereocenters. The van der Waals surface area contributed by atoms with Crippen LogP contribution in [0.5, 0.6) is 0 Å². The van der Waals surface area contributed by atoms with Crippen molar-refractivity contribution in [2.24, 2.45) is 0 Å². The first-order valence-corrected chi connectivity index (χ1v) is 7.20. The molecular formula is C17H14N6. The number of benzene rings is 1. The van der Waals surface area contributed by atoms with Gasteiger partial charge in [0.2, 0.25) is 0 Å². The van der Waals surface area contributed by atoms with Crippen molar-refractivity contribution in [3.05, 3.63) is 66.5 Å². The van der Waals surface area contributed by atoms with Crippen LogP contribution >= 0.6 is 0 Å². The number of nitrogen functional groups attached to an aromatic ring is 1. The Hall–Kier alpha value is -3.41. The lowest BCUT2D eigenvalue weighted by molar-refractivity contribution is 1.03. The molecule has 3 heterocycles. The first kappa shape index (κ1) is 13.3. The Morgan fingerprint density at radius 3 is 2.74 bits per heavy atom. The highest BCUT2D eigenvalue weighted by Crippen LogP contribution is 2.35. The van der Waals surface area contributed by atoms with Gasteiger partial charge in [-0.2, -0.15) is 5.10 Å². The molecule has 0 amide bonds. The van der Waals surface area contributed by atoms with Crippen molar-refractivity contribution in [2.75, 3.05) is 5.73 Å². The Morgan fingerprint density at radius 2 is 1.87 bits per heavy atom. The second-order valence-electron chi connectivity index (χ2n) is 5.10. The molecule has 0 fully saturated rings. The summed E-state index contributed by atoms with van der Waals surface area (Å²) >= 11 is 0. The monoisotopic (exact) mass is 302 g/mol. The quantitative estimate of drug-likeness (QED) is 0.676. The van der Waals surface area contributed by atoms with Crippen LogP contribution in [0.4, 0.5) is 5.82 Å². The Morgan fingerprint density at radius 1 is 1.00 bits per heavy atom. The number of nitrogens with two attached hydrogens (primary N) is 1. The maximum Gasteiger partial charge on any atom is 0.180 e. The highest BCUT2D eigenvalue weighted by Gasteiger charge is 2.19. The van der Waals surface area contributed by atoms with Crippen LogP contribution in [0.2, 0.25) is 0 Å². The van der Waals surface area contributed by atoms with E-state index in [1.807, 2.05) is 61.0 Å². The molecule has 4 rings (SSSR count). The predicted octanol–water partition coefficient (Wildman–Crippen LogP) is 2.62. The number of rotatable bonds is 2. The minimum absolute atomic E-state index is 0.414. The van der Waals surface area contributed by atoms with Gasteiger partial charge in [0.1, 0.15) is 5.69 Å². The van der Waals surface area contributed by atoms with Crippen molar-refractivity contribution in [1.29, 1.82) is 0 Å². The lowest BCUT2D eigenvalue weighted by Gasteiger charge is -2.10. The van der Waals surface area contributed by atoms with E-state index in [1.165, 1.54) is 0 Å². The number of fused-ring (bicyclic) bond motifs is 1. The van der Waals surface area contributed by atoms with Crippen LogP contribution in [-0.4, -0.2) is 20.4 Å². The third-order valence-electron chi connectivity index (χ3n) is 3.68. The number of nitrogens with one attached hydrogen (secondary N) is 2. The highest BCUT2D eigenvalue weighted by molar-refractivity contribution is 6.03. The molecule has 1 aliphatic heterocycles. The number of anilines is 1. The van der Waals surface area contributed by atoms with E-state index in [-0.39, 0.29) is 0 Å². The van der Waals surface area contributed by atoms with Gasteiger partial charge in [0.15, 0.2) is 11.5 Å². The molecule has 1 aliphatic rings. The Kier molecular flexibility index (Phi) is 3.12. The fourth-order valence-electron chi connectivity index (χ4n) is 2.64. The molecule has 1 aromatic carbocycles. The minimum Gasteiger partial charge on any atom is -0.382 e. The van der Waals surface area contributed by atoms with Gasteiger partial charge in [-0.15, -0.1) is 10.2 Å². The van der Waals surface area contributed by atoms with Crippen LogP contribution in [-0.2, 0) is 0 Å². The standard InChI is InChI=1S/C17H14N6/c18-16-14-13(11-7-4-9-19-10-8-11)15(12-5-2-1-3-6-12)20-22-17(14)23-21-16/h1-10,19H,(H3,18,21,22,23). The third kappa shape index (κ3) is 2.26. The molecule has 0 unspecified atom stereocenters. The van der Waals surface area contributed by atoms with Crippen LogP contribution < -0.4 is 11.1 Å². The Labute approximate surface area is 132 Å². The van der Waals surface area contributed by atoms with Gasteiger partial charge in [-0.05, 0) is 17.7 Å². The molecule has 3 aromatic rings. The molecule has 4 N–H and O–H groups in total. The molecule has 6 nitrogen and oxygen atoms in total. The van der Waals surface area contributed by atoms with Crippen LogP contribution in [0.1, 0.15) is 5.56 Å². The topological polar surface area (TPSA) is 92.5 Å². The van der Waals surface area contributed by atoms with Crippen molar-refractivity contribution in [1.82, 2.24) is 25.7 Å². The molecule has 23 heavy (non-hydrogen) atoms. The Balaban J connectivity index is 2.07. The summed E-state index contributed by atoms with van der Waals surface area (Å²) in [7, 11) is 0. The second-order valence-corrected chi connectivity index (χ2v) is 5.10. The van der Waals surface area contributed by atoms with Gasteiger partial charge in [0, 0.05) is 23.5 Å². The van der Waals surface area contributed by atoms with E-state index in [4.69, 9.17) is 5.73 Å². The van der Waals surface area contributed by atoms with Gasteiger partial charge in [0.25, 0.3) is 0 Å². The molecule has 112 valence electrons. The fraction of sp³-hybridized carbons (Fsp3) is 0. The lowest BCUT2D eigenvalue weighted by atomic mass is 9.96. The first-order chi connectivity index (χ1) is 11.3. The van der Waals surface area contributed by atoms with Crippen molar-refractivity contribution in [2.45, 2.75) is 0 Å². The van der Waals surface area contributed by atoms with Crippen molar-refractivity contribution < 1.29 is 0 Å². The summed E-state index contributed by atoms with van der Waals surface area (Å²) in [5.74, 6) is 0.414. The smallest absolute Gasteiger partial charge is 0.180 e. The van der Waals surface area contributed by atoms with Gasteiger partial charge in [-0.1, -0.05) is 36.4 Å². The zero-order valence-corrected chi connectivity index (χ0v) is 12.2. The normalized spacial score (nSPS) is 13.7. The Bertz CT molecular complexity index is 950. The molecular weight excluding hydrogens is 288 g/mol. The molecule has 0 aliphatic carbocycles. The molecule has 0 bridgehead atoms. The van der Waals surface area contributed by atoms with E-state index >= 15 is 0 Å². The average Bonchev–Trinajstić information content (AvgIpc) is 2.81. The van der Waals surface area contributed by atoms with E-state index in [0.717, 1.165) is 27.8 Å². The van der Waals surface area contributed by atoms with Crippen molar-refractivity contribution in [3.63, 3.8) is 0 Å². The maximum atomic E-state index is 6.07. The van der Waals surface area contributed by atoms with E-state index < -0.39 is 0 Å². The minimum atomic E-state index is 0.414. The van der Waals surface area contributed by atoms with Gasteiger partial charge in [-0.3, -0.25) is 5.10 Å². The fourth-order valence-corrected chi connectivity index (χ4v) is 2.64. The number of aromatic amines is 1. The molecule has 0 saturated heterocycles. The number of H-pyrrole nitrogens is 1. The average molecular weight is 302 g/mol. The summed E-state index contributed by atoms with van der Waals surface area (Å²) in [6, 6.07) is 9.93. The zero-order chi connectivity index (χ0) is 15.6. The third-order valence-corrected chi connectivity index (χ3v) is 3.68. The van der Waals surface area contributed by atoms with Crippen molar-refractivity contribution >= 4 is 22.4 Å². The highest BCUT2D eigenvalue weighted by atomic mass is 15.2. The SMILES string of the molecule is Nc1n[nH]c2nnc(-c3ccccc3)c(C3=CC=CNC=C3)c12. The molecule has 0 saturated carbocycles. The first-order valence-electron chi connectivity index (χ1n) is 7.20. The van der Waals surface area contributed by atoms with Crippen LogP contribution in [0.15, 0.2) is 61.0 Å². The van der Waals surface area contributed by atoms with Gasteiger partial charge in [0.05, 0.1) is 5.39 Å². The molecule has 6 heteroatoms. The zero-order valence-electron chi connectivity index (χ0n) is 12.2. The van der Waals surface area contributed by atoms with E-state index in [9.17, 15) is 0 Å². The van der Waals surface area contributed by atoms with E-state index in [0.29, 0.717) is 11.5 Å². The number of hydrogen-bond donors (Lipinski definition) is 3. The number of allylic oxidation sites excluding steroid dienone is 4. The summed E-state index contributed by atoms with van der Waals surface area (Å²) in [4.78, 5) is 0. The summed E-state index contributed by atoms with van der Waals surface area (Å²) in [6.07, 6.45) is 9.65. The summed E-state index contributed by atoms with van der Waals surface area (Å²) in [6.45, 7) is 0. The van der Waals surface area contributed by atoms with E-state index in [2.05, 4.69) is 25.7 Å². The van der Waals surface area contributed by atoms with Gasteiger partial charge in [-0.25, -0.2) is 0 Å². The van der Waals surface area contributed by atoms with E-state index in [1.54, 1.807) is 0 Å². The number of aromatic nitrogens is 4.